The molecule has 1 aromatic carbocycles. The average molecular weight is 266 g/mol. The molecule has 0 radical (unpaired) electrons. The van der Waals surface area contributed by atoms with Crippen LogP contribution < -0.4 is 10.1 Å². The van der Waals surface area contributed by atoms with Gasteiger partial charge < -0.3 is 10.1 Å². The van der Waals surface area contributed by atoms with Crippen molar-refractivity contribution in [2.45, 2.75) is 19.3 Å². The van der Waals surface area contributed by atoms with Crippen LogP contribution in [0.4, 0.5) is 14.5 Å². The van der Waals surface area contributed by atoms with Gasteiger partial charge in [-0.15, -0.1) is 0 Å². The van der Waals surface area contributed by atoms with E-state index < -0.39 is 23.0 Å². The third kappa shape index (κ3) is 2.24. The minimum absolute atomic E-state index is 0.242. The molecule has 100 valence electrons. The summed E-state index contributed by atoms with van der Waals surface area (Å²) < 4.78 is 31.7. The Labute approximate surface area is 109 Å². The Morgan fingerprint density at radius 2 is 2.11 bits per heavy atom. The first kappa shape index (κ1) is 13.3. The summed E-state index contributed by atoms with van der Waals surface area (Å²) in [6.07, 6.45) is 1.66. The fourth-order valence-electron chi connectivity index (χ4n) is 1.94. The molecule has 2 rings (SSSR count). The SMILES string of the molecule is COc1cc(F)c(NC(=O)C2(C#N)CCC2)cc1F. The van der Waals surface area contributed by atoms with Crippen molar-refractivity contribution in [2.24, 2.45) is 5.41 Å². The van der Waals surface area contributed by atoms with E-state index in [0.29, 0.717) is 12.8 Å². The number of nitrogens with one attached hydrogen (secondary N) is 1. The van der Waals surface area contributed by atoms with Crippen molar-refractivity contribution in [2.75, 3.05) is 12.4 Å². The van der Waals surface area contributed by atoms with Crippen LogP contribution in [-0.2, 0) is 4.79 Å². The number of ether oxygens (including phenoxy) is 1. The maximum atomic E-state index is 13.6. The molecule has 1 fully saturated rings. The molecule has 0 unspecified atom stereocenters. The molecule has 0 aliphatic heterocycles. The van der Waals surface area contributed by atoms with Gasteiger partial charge in [-0.25, -0.2) is 8.78 Å². The third-order valence-corrected chi connectivity index (χ3v) is 3.35. The molecule has 1 aliphatic carbocycles. The van der Waals surface area contributed by atoms with Gasteiger partial charge in [0.2, 0.25) is 5.91 Å². The van der Waals surface area contributed by atoms with Crippen molar-refractivity contribution >= 4 is 11.6 Å². The molecule has 0 heterocycles. The lowest BCUT2D eigenvalue weighted by Crippen LogP contribution is -2.40. The van der Waals surface area contributed by atoms with Crippen LogP contribution in [0, 0.1) is 28.4 Å². The summed E-state index contributed by atoms with van der Waals surface area (Å²) in [4.78, 5) is 11.9. The van der Waals surface area contributed by atoms with Gasteiger partial charge in [0.1, 0.15) is 5.41 Å². The number of rotatable bonds is 3. The number of carbonyl (C=O) groups excluding carboxylic acids is 1. The first-order valence-electron chi connectivity index (χ1n) is 5.78. The smallest absolute Gasteiger partial charge is 0.244 e. The van der Waals surface area contributed by atoms with E-state index in [0.717, 1.165) is 18.6 Å². The number of methoxy groups -OCH3 is 1. The van der Waals surface area contributed by atoms with Crippen LogP contribution in [0.5, 0.6) is 5.75 Å². The summed E-state index contributed by atoms with van der Waals surface area (Å²) in [5.74, 6) is -2.42. The van der Waals surface area contributed by atoms with Crippen molar-refractivity contribution in [3.63, 3.8) is 0 Å². The largest absolute Gasteiger partial charge is 0.494 e. The average Bonchev–Trinajstić information content (AvgIpc) is 2.32. The molecule has 1 saturated carbocycles. The highest BCUT2D eigenvalue weighted by Gasteiger charge is 2.44. The van der Waals surface area contributed by atoms with E-state index in [9.17, 15) is 13.6 Å². The number of halogens is 2. The molecule has 0 atom stereocenters. The van der Waals surface area contributed by atoms with Gasteiger partial charge in [0, 0.05) is 12.1 Å². The molecule has 1 amide bonds. The molecule has 4 nitrogen and oxygen atoms in total. The summed E-state index contributed by atoms with van der Waals surface area (Å²) in [6, 6.07) is 3.63. The lowest BCUT2D eigenvalue weighted by atomic mass is 9.69. The van der Waals surface area contributed by atoms with Crippen molar-refractivity contribution < 1.29 is 18.3 Å². The number of hydrogen-bond acceptors (Lipinski definition) is 3. The first-order chi connectivity index (χ1) is 9.02. The van der Waals surface area contributed by atoms with E-state index in [1.165, 1.54) is 7.11 Å². The van der Waals surface area contributed by atoms with Crippen LogP contribution in [0.25, 0.3) is 0 Å². The van der Waals surface area contributed by atoms with Crippen molar-refractivity contribution in [1.29, 1.82) is 5.26 Å². The van der Waals surface area contributed by atoms with Crippen LogP contribution in [0.3, 0.4) is 0 Å². The minimum atomic E-state index is -1.11. The zero-order chi connectivity index (χ0) is 14.0. The Kier molecular flexibility index (Phi) is 3.38. The second kappa shape index (κ2) is 4.84. The van der Waals surface area contributed by atoms with Gasteiger partial charge in [-0.1, -0.05) is 0 Å². The Morgan fingerprint density at radius 3 is 2.58 bits per heavy atom. The molecule has 1 N–H and O–H groups in total. The number of benzene rings is 1. The Balaban J connectivity index is 2.22. The predicted octanol–water partition coefficient (Wildman–Crippen LogP) is 2.61. The Hall–Kier alpha value is -2.16. The maximum Gasteiger partial charge on any atom is 0.244 e. The van der Waals surface area contributed by atoms with Crippen molar-refractivity contribution in [3.05, 3.63) is 23.8 Å². The second-order valence-electron chi connectivity index (χ2n) is 4.47. The summed E-state index contributed by atoms with van der Waals surface area (Å²) in [7, 11) is 1.22. The standard InChI is InChI=1S/C13H12F2N2O2/c1-19-11-6-8(14)10(5-9(11)15)17-12(18)13(7-16)3-2-4-13/h5-6H,2-4H2,1H3,(H,17,18). The molecule has 19 heavy (non-hydrogen) atoms. The number of carbonyl (C=O) groups is 1. The van der Waals surface area contributed by atoms with Crippen LogP contribution in [0.15, 0.2) is 12.1 Å². The maximum absolute atomic E-state index is 13.6. The highest BCUT2D eigenvalue weighted by atomic mass is 19.1. The van der Waals surface area contributed by atoms with E-state index >= 15 is 0 Å². The number of anilines is 1. The molecule has 0 saturated heterocycles. The van der Waals surface area contributed by atoms with E-state index in [-0.39, 0.29) is 11.4 Å². The molecule has 0 spiro atoms. The van der Waals surface area contributed by atoms with Crippen molar-refractivity contribution in [1.82, 2.24) is 0 Å². The molecule has 6 heteroatoms. The van der Waals surface area contributed by atoms with Gasteiger partial charge in [0.05, 0.1) is 18.9 Å². The number of nitriles is 1. The number of nitrogens with zero attached hydrogens (tertiary/aromatic N) is 1. The first-order valence-corrected chi connectivity index (χ1v) is 5.78. The molecular formula is C13H12F2N2O2. The van der Waals surface area contributed by atoms with Crippen LogP contribution in [0.2, 0.25) is 0 Å². The lowest BCUT2D eigenvalue weighted by Gasteiger charge is -2.33. The molecule has 1 aliphatic rings. The van der Waals surface area contributed by atoms with Gasteiger partial charge in [-0.2, -0.15) is 5.26 Å². The molecule has 0 bridgehead atoms. The van der Waals surface area contributed by atoms with Crippen LogP contribution >= 0.6 is 0 Å². The zero-order valence-corrected chi connectivity index (χ0v) is 10.3. The third-order valence-electron chi connectivity index (χ3n) is 3.35. The molecule has 0 aromatic heterocycles. The van der Waals surface area contributed by atoms with Gasteiger partial charge >= 0.3 is 0 Å². The van der Waals surface area contributed by atoms with E-state index in [2.05, 4.69) is 10.1 Å². The quantitative estimate of drug-likeness (QED) is 0.914. The van der Waals surface area contributed by atoms with Crippen molar-refractivity contribution in [3.8, 4) is 11.8 Å². The number of amides is 1. The topological polar surface area (TPSA) is 62.1 Å². The predicted molar refractivity (Wildman–Crippen MR) is 63.4 cm³/mol. The highest BCUT2D eigenvalue weighted by molar-refractivity contribution is 5.98. The summed E-state index contributed by atoms with van der Waals surface area (Å²) in [5.41, 5.74) is -1.40. The van der Waals surface area contributed by atoms with Gasteiger partial charge in [-0.05, 0) is 19.3 Å². The summed E-state index contributed by atoms with van der Waals surface area (Å²) >= 11 is 0. The second-order valence-corrected chi connectivity index (χ2v) is 4.47. The van der Waals surface area contributed by atoms with E-state index in [4.69, 9.17) is 5.26 Å². The lowest BCUT2D eigenvalue weighted by molar-refractivity contribution is -0.126. The fraction of sp³-hybridized carbons (Fsp3) is 0.385. The monoisotopic (exact) mass is 266 g/mol. The molecular weight excluding hydrogens is 254 g/mol. The fourth-order valence-corrected chi connectivity index (χ4v) is 1.94. The summed E-state index contributed by atoms with van der Waals surface area (Å²) in [5, 5.41) is 11.3. The van der Waals surface area contributed by atoms with Crippen LogP contribution in [0.1, 0.15) is 19.3 Å². The van der Waals surface area contributed by atoms with Gasteiger partial charge in [-0.3, -0.25) is 4.79 Å². The van der Waals surface area contributed by atoms with Crippen LogP contribution in [-0.4, -0.2) is 13.0 Å². The van der Waals surface area contributed by atoms with Gasteiger partial charge in [0.25, 0.3) is 0 Å². The van der Waals surface area contributed by atoms with E-state index in [1.807, 2.05) is 6.07 Å². The van der Waals surface area contributed by atoms with Gasteiger partial charge in [0.15, 0.2) is 17.4 Å². The molecule has 1 aromatic rings. The normalized spacial score (nSPS) is 16.1. The Morgan fingerprint density at radius 1 is 1.42 bits per heavy atom. The zero-order valence-electron chi connectivity index (χ0n) is 10.3. The number of hydrogen-bond donors (Lipinski definition) is 1. The minimum Gasteiger partial charge on any atom is -0.494 e. The Bertz CT molecular complexity index is 562. The highest BCUT2D eigenvalue weighted by Crippen LogP contribution is 2.41. The summed E-state index contributed by atoms with van der Waals surface area (Å²) in [6.45, 7) is 0. The van der Waals surface area contributed by atoms with E-state index in [1.54, 1.807) is 0 Å².